The molecule has 1 saturated carbocycles. The highest BCUT2D eigenvalue weighted by atomic mass is 127. The molecule has 4 heteroatoms. The Morgan fingerprint density at radius 1 is 1.62 bits per heavy atom. The molecule has 1 aliphatic rings. The van der Waals surface area contributed by atoms with Gasteiger partial charge in [0.25, 0.3) is 5.56 Å². The first-order valence-electron chi connectivity index (χ1n) is 4.48. The van der Waals surface area contributed by atoms with Crippen molar-refractivity contribution in [3.05, 3.63) is 26.2 Å². The molecule has 1 heterocycles. The Morgan fingerprint density at radius 2 is 2.38 bits per heavy atom. The molecule has 13 heavy (non-hydrogen) atoms. The Balaban J connectivity index is 2.15. The van der Waals surface area contributed by atoms with E-state index in [0.717, 1.165) is 10.1 Å². The van der Waals surface area contributed by atoms with E-state index in [-0.39, 0.29) is 5.56 Å². The zero-order chi connectivity index (χ0) is 9.26. The van der Waals surface area contributed by atoms with E-state index in [1.54, 1.807) is 16.9 Å². The van der Waals surface area contributed by atoms with E-state index < -0.39 is 0 Å². The molecule has 1 aromatic rings. The lowest BCUT2D eigenvalue weighted by Gasteiger charge is -2.25. The lowest BCUT2D eigenvalue weighted by Crippen LogP contribution is -2.28. The van der Waals surface area contributed by atoms with Crippen LogP contribution in [-0.4, -0.2) is 9.78 Å². The Bertz CT molecular complexity index is 357. The summed E-state index contributed by atoms with van der Waals surface area (Å²) in [4.78, 5) is 11.4. The average Bonchev–Trinajstić information content (AvgIpc) is 1.99. The number of nitrogens with zero attached hydrogens (tertiary/aromatic N) is 2. The van der Waals surface area contributed by atoms with E-state index in [9.17, 15) is 4.79 Å². The monoisotopic (exact) mass is 290 g/mol. The van der Waals surface area contributed by atoms with Gasteiger partial charge in [-0.05, 0) is 41.4 Å². The first-order valence-corrected chi connectivity index (χ1v) is 5.56. The van der Waals surface area contributed by atoms with Crippen LogP contribution in [0, 0.1) is 9.49 Å². The molecule has 0 bridgehead atoms. The van der Waals surface area contributed by atoms with Gasteiger partial charge in [0.1, 0.15) is 0 Å². The first-order chi connectivity index (χ1) is 6.25. The molecule has 3 nitrogen and oxygen atoms in total. The predicted molar refractivity (Wildman–Crippen MR) is 58.6 cm³/mol. The van der Waals surface area contributed by atoms with Crippen molar-refractivity contribution in [3.63, 3.8) is 0 Å². The number of hydrogen-bond acceptors (Lipinski definition) is 2. The van der Waals surface area contributed by atoms with Crippen LogP contribution in [0.5, 0.6) is 0 Å². The average molecular weight is 290 g/mol. The molecule has 1 aliphatic carbocycles. The van der Waals surface area contributed by atoms with E-state index in [0.29, 0.717) is 5.92 Å². The zero-order valence-electron chi connectivity index (χ0n) is 7.24. The van der Waals surface area contributed by atoms with Gasteiger partial charge in [0.05, 0.1) is 6.20 Å². The normalized spacial score (nSPS) is 17.0. The van der Waals surface area contributed by atoms with E-state index in [2.05, 4.69) is 27.7 Å². The van der Waals surface area contributed by atoms with Crippen LogP contribution in [0.25, 0.3) is 0 Å². The molecule has 2 rings (SSSR count). The highest BCUT2D eigenvalue weighted by Crippen LogP contribution is 2.26. The summed E-state index contributed by atoms with van der Waals surface area (Å²) < 4.78 is 2.49. The van der Waals surface area contributed by atoms with Gasteiger partial charge in [-0.3, -0.25) is 4.79 Å². The van der Waals surface area contributed by atoms with Crippen LogP contribution >= 0.6 is 22.6 Å². The van der Waals surface area contributed by atoms with Gasteiger partial charge in [-0.2, -0.15) is 5.10 Å². The van der Waals surface area contributed by atoms with Crippen molar-refractivity contribution in [2.75, 3.05) is 0 Å². The molecule has 0 atom stereocenters. The van der Waals surface area contributed by atoms with E-state index in [1.807, 2.05) is 0 Å². The Kier molecular flexibility index (Phi) is 2.66. The third kappa shape index (κ3) is 2.10. The molecule has 0 amide bonds. The van der Waals surface area contributed by atoms with Crippen molar-refractivity contribution in [2.24, 2.45) is 5.92 Å². The van der Waals surface area contributed by atoms with Crippen molar-refractivity contribution >= 4 is 22.6 Å². The lowest BCUT2D eigenvalue weighted by atomic mass is 9.85. The lowest BCUT2D eigenvalue weighted by molar-refractivity contribution is 0.261. The van der Waals surface area contributed by atoms with Crippen LogP contribution in [0.2, 0.25) is 0 Å². The summed E-state index contributed by atoms with van der Waals surface area (Å²) in [7, 11) is 0. The van der Waals surface area contributed by atoms with Gasteiger partial charge in [-0.1, -0.05) is 6.42 Å². The molecule has 1 aromatic heterocycles. The van der Waals surface area contributed by atoms with Crippen LogP contribution in [0.3, 0.4) is 0 Å². The molecular formula is C9H11IN2O. The molecule has 0 unspecified atom stereocenters. The van der Waals surface area contributed by atoms with Crippen LogP contribution in [-0.2, 0) is 6.54 Å². The Hall–Kier alpha value is -0.390. The van der Waals surface area contributed by atoms with Gasteiger partial charge in [-0.25, -0.2) is 4.68 Å². The van der Waals surface area contributed by atoms with E-state index >= 15 is 0 Å². The van der Waals surface area contributed by atoms with Crippen molar-refractivity contribution in [1.82, 2.24) is 9.78 Å². The molecule has 0 aliphatic heterocycles. The summed E-state index contributed by atoms with van der Waals surface area (Å²) in [6.45, 7) is 0.801. The van der Waals surface area contributed by atoms with Crippen molar-refractivity contribution < 1.29 is 0 Å². The van der Waals surface area contributed by atoms with E-state index in [1.165, 1.54) is 19.3 Å². The molecule has 0 N–H and O–H groups in total. The molecule has 0 spiro atoms. The van der Waals surface area contributed by atoms with Gasteiger partial charge >= 0.3 is 0 Å². The van der Waals surface area contributed by atoms with E-state index in [4.69, 9.17) is 0 Å². The maximum atomic E-state index is 11.4. The molecule has 0 aromatic carbocycles. The molecular weight excluding hydrogens is 279 g/mol. The molecule has 0 radical (unpaired) electrons. The minimum Gasteiger partial charge on any atom is -0.268 e. The molecule has 1 fully saturated rings. The molecule has 0 saturated heterocycles. The van der Waals surface area contributed by atoms with Crippen LogP contribution in [0.4, 0.5) is 0 Å². The number of hydrogen-bond donors (Lipinski definition) is 0. The van der Waals surface area contributed by atoms with Gasteiger partial charge < -0.3 is 0 Å². The standard InChI is InChI=1S/C9H11IN2O/c10-8-4-9(13)12(11-5-8)6-7-2-1-3-7/h4-5,7H,1-3,6H2. The maximum Gasteiger partial charge on any atom is 0.267 e. The second-order valence-corrected chi connectivity index (χ2v) is 4.74. The highest BCUT2D eigenvalue weighted by molar-refractivity contribution is 14.1. The fraction of sp³-hybridized carbons (Fsp3) is 0.556. The smallest absolute Gasteiger partial charge is 0.267 e. The van der Waals surface area contributed by atoms with Crippen LogP contribution in [0.15, 0.2) is 17.1 Å². The fourth-order valence-corrected chi connectivity index (χ4v) is 1.86. The molecule has 70 valence electrons. The second-order valence-electron chi connectivity index (χ2n) is 3.49. The maximum absolute atomic E-state index is 11.4. The summed E-state index contributed by atoms with van der Waals surface area (Å²) >= 11 is 2.10. The number of halogens is 1. The fourth-order valence-electron chi connectivity index (χ4n) is 1.47. The second kappa shape index (κ2) is 3.77. The summed E-state index contributed by atoms with van der Waals surface area (Å²) in [5, 5.41) is 4.10. The first kappa shape index (κ1) is 9.18. The van der Waals surface area contributed by atoms with Crippen molar-refractivity contribution in [1.29, 1.82) is 0 Å². The third-order valence-electron chi connectivity index (χ3n) is 2.49. The summed E-state index contributed by atoms with van der Waals surface area (Å²) in [5.74, 6) is 0.685. The van der Waals surface area contributed by atoms with Crippen molar-refractivity contribution in [2.45, 2.75) is 25.8 Å². The van der Waals surface area contributed by atoms with Gasteiger partial charge in [0.15, 0.2) is 0 Å². The third-order valence-corrected chi connectivity index (χ3v) is 3.08. The predicted octanol–water partition coefficient (Wildman–Crippen LogP) is 1.65. The van der Waals surface area contributed by atoms with Crippen LogP contribution < -0.4 is 5.56 Å². The quantitative estimate of drug-likeness (QED) is 0.776. The summed E-state index contributed by atoms with van der Waals surface area (Å²) in [6.07, 6.45) is 5.55. The largest absolute Gasteiger partial charge is 0.268 e. The topological polar surface area (TPSA) is 34.9 Å². The number of rotatable bonds is 2. The summed E-state index contributed by atoms with van der Waals surface area (Å²) in [5.41, 5.74) is 0.0267. The van der Waals surface area contributed by atoms with Gasteiger partial charge in [0, 0.05) is 16.2 Å². The zero-order valence-corrected chi connectivity index (χ0v) is 9.40. The highest BCUT2D eigenvalue weighted by Gasteiger charge is 2.18. The minimum atomic E-state index is 0.0267. The Labute approximate surface area is 90.3 Å². The summed E-state index contributed by atoms with van der Waals surface area (Å²) in [6, 6.07) is 1.63. The Morgan fingerprint density at radius 3 is 2.92 bits per heavy atom. The van der Waals surface area contributed by atoms with Crippen LogP contribution in [0.1, 0.15) is 19.3 Å². The van der Waals surface area contributed by atoms with Gasteiger partial charge in [-0.15, -0.1) is 0 Å². The number of aromatic nitrogens is 2. The van der Waals surface area contributed by atoms with Gasteiger partial charge in [0.2, 0.25) is 0 Å². The SMILES string of the molecule is O=c1cc(I)cnn1CC1CCC1. The minimum absolute atomic E-state index is 0.0267. The van der Waals surface area contributed by atoms with Crippen molar-refractivity contribution in [3.8, 4) is 0 Å².